The molecule has 5 nitrogen and oxygen atoms in total. The zero-order valence-electron chi connectivity index (χ0n) is 5.82. The Balaban J connectivity index is 3.74. The van der Waals surface area contributed by atoms with Crippen LogP contribution in [0.15, 0.2) is 12.8 Å². The minimum atomic E-state index is -1.23. The normalized spacial score (nSPS) is 11.7. The van der Waals surface area contributed by atoms with Gasteiger partial charge in [-0.15, -0.1) is 0 Å². The summed E-state index contributed by atoms with van der Waals surface area (Å²) in [4.78, 5) is 20.6. The lowest BCUT2D eigenvalue weighted by Crippen LogP contribution is -2.32. The van der Waals surface area contributed by atoms with Crippen molar-refractivity contribution in [3.63, 3.8) is 0 Å². The van der Waals surface area contributed by atoms with Crippen molar-refractivity contribution in [1.82, 2.24) is 0 Å². The van der Waals surface area contributed by atoms with Crippen molar-refractivity contribution in [2.24, 2.45) is 5.73 Å². The van der Waals surface area contributed by atoms with Gasteiger partial charge in [0.2, 0.25) is 0 Å². The van der Waals surface area contributed by atoms with Crippen LogP contribution < -0.4 is 5.73 Å². The van der Waals surface area contributed by atoms with Gasteiger partial charge in [-0.3, -0.25) is 9.59 Å². The zero-order chi connectivity index (χ0) is 8.85. The molecule has 0 amide bonds. The SMILES string of the molecule is C=COC(=O)C[C@H](N)C(=O)O. The van der Waals surface area contributed by atoms with Crippen molar-refractivity contribution in [3.05, 3.63) is 12.8 Å². The van der Waals surface area contributed by atoms with E-state index in [9.17, 15) is 9.59 Å². The standard InChI is InChI=1S/C6H9NO4/c1-2-11-5(8)3-4(7)6(9)10/h2,4H,1,3,7H2,(H,9,10)/t4-/m0/s1. The summed E-state index contributed by atoms with van der Waals surface area (Å²) < 4.78 is 4.24. The molecule has 0 saturated carbocycles. The predicted molar refractivity (Wildman–Crippen MR) is 36.5 cm³/mol. The number of carbonyl (C=O) groups is 2. The molecule has 0 saturated heterocycles. The van der Waals surface area contributed by atoms with Crippen molar-refractivity contribution in [3.8, 4) is 0 Å². The second kappa shape index (κ2) is 4.45. The van der Waals surface area contributed by atoms with Crippen LogP contribution >= 0.6 is 0 Å². The molecule has 11 heavy (non-hydrogen) atoms. The highest BCUT2D eigenvalue weighted by Gasteiger charge is 2.16. The molecule has 0 aromatic carbocycles. The average Bonchev–Trinajstić information content (AvgIpc) is 1.87. The Labute approximate surface area is 63.4 Å². The summed E-state index contributed by atoms with van der Waals surface area (Å²) in [6.45, 7) is 3.12. The monoisotopic (exact) mass is 159 g/mol. The summed E-state index contributed by atoms with van der Waals surface area (Å²) in [6, 6.07) is -1.21. The van der Waals surface area contributed by atoms with E-state index >= 15 is 0 Å². The maximum atomic E-state index is 10.5. The van der Waals surface area contributed by atoms with E-state index in [4.69, 9.17) is 10.8 Å². The van der Waals surface area contributed by atoms with Crippen molar-refractivity contribution in [2.45, 2.75) is 12.5 Å². The number of nitrogens with two attached hydrogens (primary N) is 1. The van der Waals surface area contributed by atoms with E-state index in [1.165, 1.54) is 0 Å². The van der Waals surface area contributed by atoms with E-state index in [2.05, 4.69) is 11.3 Å². The van der Waals surface area contributed by atoms with Crippen LogP contribution in [0.25, 0.3) is 0 Å². The molecule has 62 valence electrons. The lowest BCUT2D eigenvalue weighted by molar-refractivity contribution is -0.145. The molecule has 0 aliphatic heterocycles. The molecule has 0 aliphatic rings. The third kappa shape index (κ3) is 4.10. The Hall–Kier alpha value is -1.36. The fourth-order valence-electron chi connectivity index (χ4n) is 0.408. The first-order valence-electron chi connectivity index (χ1n) is 2.86. The van der Waals surface area contributed by atoms with Gasteiger partial charge >= 0.3 is 11.9 Å². The molecule has 0 aromatic heterocycles. The summed E-state index contributed by atoms with van der Waals surface area (Å²) in [5, 5.41) is 8.24. The molecule has 0 fully saturated rings. The molecule has 0 aliphatic carbocycles. The number of esters is 1. The number of carbonyl (C=O) groups excluding carboxylic acids is 1. The summed E-state index contributed by atoms with van der Waals surface area (Å²) >= 11 is 0. The number of hydrogen-bond acceptors (Lipinski definition) is 4. The maximum absolute atomic E-state index is 10.5. The number of rotatable bonds is 4. The van der Waals surface area contributed by atoms with Gasteiger partial charge in [-0.2, -0.15) is 0 Å². The highest BCUT2D eigenvalue weighted by atomic mass is 16.5. The number of carboxylic acid groups (broad SMARTS) is 1. The van der Waals surface area contributed by atoms with Crippen molar-refractivity contribution in [2.75, 3.05) is 0 Å². The smallest absolute Gasteiger partial charge is 0.321 e. The third-order valence-electron chi connectivity index (χ3n) is 0.919. The number of aliphatic carboxylic acids is 1. The second-order valence-corrected chi connectivity index (χ2v) is 1.81. The van der Waals surface area contributed by atoms with E-state index in [-0.39, 0.29) is 6.42 Å². The molecule has 0 heterocycles. The number of ether oxygens (including phenoxy) is 1. The van der Waals surface area contributed by atoms with Crippen LogP contribution in [-0.2, 0) is 14.3 Å². The van der Waals surface area contributed by atoms with Crippen molar-refractivity contribution < 1.29 is 19.4 Å². The van der Waals surface area contributed by atoms with Crippen molar-refractivity contribution >= 4 is 11.9 Å². The highest BCUT2D eigenvalue weighted by molar-refractivity contribution is 5.81. The fraction of sp³-hybridized carbons (Fsp3) is 0.333. The minimum absolute atomic E-state index is 0.346. The van der Waals surface area contributed by atoms with Crippen LogP contribution in [0.5, 0.6) is 0 Å². The first-order valence-corrected chi connectivity index (χ1v) is 2.86. The summed E-state index contributed by atoms with van der Waals surface area (Å²) in [5.41, 5.74) is 5.01. The lowest BCUT2D eigenvalue weighted by atomic mass is 10.2. The molecular formula is C6H9NO4. The van der Waals surface area contributed by atoms with Crippen LogP contribution in [0.1, 0.15) is 6.42 Å². The van der Waals surface area contributed by atoms with E-state index in [1.807, 2.05) is 0 Å². The molecule has 0 spiro atoms. The van der Waals surface area contributed by atoms with Gasteiger partial charge in [0.1, 0.15) is 6.04 Å². The first kappa shape index (κ1) is 9.64. The van der Waals surface area contributed by atoms with Gasteiger partial charge in [0.05, 0.1) is 12.7 Å². The topological polar surface area (TPSA) is 89.6 Å². The van der Waals surface area contributed by atoms with E-state index in [0.29, 0.717) is 0 Å². The predicted octanol–water partition coefficient (Wildman–Crippen LogP) is -0.525. The van der Waals surface area contributed by atoms with Gasteiger partial charge in [0.25, 0.3) is 0 Å². The van der Waals surface area contributed by atoms with Crippen molar-refractivity contribution in [1.29, 1.82) is 0 Å². The molecule has 0 rings (SSSR count). The number of hydrogen-bond donors (Lipinski definition) is 2. The van der Waals surface area contributed by atoms with Gasteiger partial charge in [0, 0.05) is 0 Å². The van der Waals surface area contributed by atoms with Crippen LogP contribution in [0.3, 0.4) is 0 Å². The molecule has 5 heteroatoms. The summed E-state index contributed by atoms with van der Waals surface area (Å²) in [6.07, 6.45) is 0.582. The average molecular weight is 159 g/mol. The molecule has 1 atom stereocenters. The quantitative estimate of drug-likeness (QED) is 0.425. The molecule has 3 N–H and O–H groups in total. The third-order valence-corrected chi connectivity index (χ3v) is 0.919. The molecule has 0 unspecified atom stereocenters. The Morgan fingerprint density at radius 2 is 2.27 bits per heavy atom. The number of carboxylic acids is 1. The molecule has 0 bridgehead atoms. The minimum Gasteiger partial charge on any atom is -0.480 e. The summed E-state index contributed by atoms with van der Waals surface area (Å²) in [5.74, 6) is -1.93. The largest absolute Gasteiger partial charge is 0.480 e. The zero-order valence-corrected chi connectivity index (χ0v) is 5.82. The van der Waals surface area contributed by atoms with Gasteiger partial charge < -0.3 is 15.6 Å². The molecular weight excluding hydrogens is 150 g/mol. The Bertz CT molecular complexity index is 177. The first-order chi connectivity index (χ1) is 5.07. The van der Waals surface area contributed by atoms with Crippen LogP contribution in [0.4, 0.5) is 0 Å². The van der Waals surface area contributed by atoms with Gasteiger partial charge in [-0.05, 0) is 0 Å². The summed E-state index contributed by atoms with van der Waals surface area (Å²) in [7, 11) is 0. The van der Waals surface area contributed by atoms with E-state index in [0.717, 1.165) is 6.26 Å². The van der Waals surface area contributed by atoms with E-state index < -0.39 is 18.0 Å². The molecule has 0 aromatic rings. The van der Waals surface area contributed by atoms with Gasteiger partial charge in [-0.1, -0.05) is 6.58 Å². The van der Waals surface area contributed by atoms with Crippen LogP contribution in [0, 0.1) is 0 Å². The fourth-order valence-corrected chi connectivity index (χ4v) is 0.408. The second-order valence-electron chi connectivity index (χ2n) is 1.81. The highest BCUT2D eigenvalue weighted by Crippen LogP contribution is 1.91. The Kier molecular flexibility index (Phi) is 3.90. The van der Waals surface area contributed by atoms with Gasteiger partial charge in [-0.25, -0.2) is 0 Å². The van der Waals surface area contributed by atoms with Gasteiger partial charge in [0.15, 0.2) is 0 Å². The molecule has 0 radical (unpaired) electrons. The lowest BCUT2D eigenvalue weighted by Gasteiger charge is -2.02. The Morgan fingerprint density at radius 1 is 1.73 bits per heavy atom. The van der Waals surface area contributed by atoms with Crippen LogP contribution in [-0.4, -0.2) is 23.1 Å². The van der Waals surface area contributed by atoms with Crippen LogP contribution in [0.2, 0.25) is 0 Å². The van der Waals surface area contributed by atoms with E-state index in [1.54, 1.807) is 0 Å². The Morgan fingerprint density at radius 3 is 2.64 bits per heavy atom. The maximum Gasteiger partial charge on any atom is 0.321 e.